The van der Waals surface area contributed by atoms with Crippen LogP contribution in [0.1, 0.15) is 63.3 Å². The van der Waals surface area contributed by atoms with Crippen LogP contribution in [-0.4, -0.2) is 40.2 Å². The van der Waals surface area contributed by atoms with Gasteiger partial charge in [0.1, 0.15) is 0 Å². The molecular weight excluding hydrogens is 510 g/mol. The normalized spacial score (nSPS) is 15.0. The number of fused-ring (bicyclic) bond motifs is 1. The van der Waals surface area contributed by atoms with E-state index in [1.165, 1.54) is 24.4 Å². The smallest absolute Gasteiger partial charge is 0.265 e. The summed E-state index contributed by atoms with van der Waals surface area (Å²) in [5.74, 6) is -3.46. The van der Waals surface area contributed by atoms with Crippen LogP contribution in [0.2, 0.25) is 5.02 Å². The molecule has 0 unspecified atom stereocenters. The van der Waals surface area contributed by atoms with Gasteiger partial charge in [-0.15, -0.1) is 0 Å². The van der Waals surface area contributed by atoms with E-state index in [-0.39, 0.29) is 22.7 Å². The number of nitrogens with zero attached hydrogens (tertiary/aromatic N) is 2. The van der Waals surface area contributed by atoms with Gasteiger partial charge in [-0.1, -0.05) is 54.9 Å². The summed E-state index contributed by atoms with van der Waals surface area (Å²) in [4.78, 5) is 40.9. The van der Waals surface area contributed by atoms with E-state index >= 15 is 0 Å². The minimum atomic E-state index is -1.25. The maximum absolute atomic E-state index is 14.4. The molecule has 5 rings (SSSR count). The number of amides is 1. The molecule has 0 saturated carbocycles. The lowest BCUT2D eigenvalue weighted by Gasteiger charge is -2.40. The number of aromatic nitrogens is 1. The van der Waals surface area contributed by atoms with Crippen molar-refractivity contribution < 1.29 is 23.2 Å². The zero-order chi connectivity index (χ0) is 27.2. The Balaban J connectivity index is 1.47. The fourth-order valence-electron chi connectivity index (χ4n) is 5.30. The van der Waals surface area contributed by atoms with Gasteiger partial charge in [0.15, 0.2) is 17.4 Å². The Bertz CT molecular complexity index is 1600. The minimum absolute atomic E-state index is 0.00574. The van der Waals surface area contributed by atoms with Crippen molar-refractivity contribution in [1.82, 2.24) is 9.47 Å². The molecule has 0 N–H and O–H groups in total. The number of Topliss-reactive ketones (excluding diaryl/α,β-unsaturated/α-hetero) is 1. The molecule has 38 heavy (non-hydrogen) atoms. The fourth-order valence-corrected chi connectivity index (χ4v) is 5.46. The van der Waals surface area contributed by atoms with Crippen molar-refractivity contribution in [3.8, 4) is 0 Å². The first kappa shape index (κ1) is 25.8. The van der Waals surface area contributed by atoms with Crippen LogP contribution in [0.3, 0.4) is 0 Å². The van der Waals surface area contributed by atoms with Gasteiger partial charge < -0.3 is 4.90 Å². The predicted octanol–water partition coefficient (Wildman–Crippen LogP) is 6.66. The van der Waals surface area contributed by atoms with Crippen LogP contribution in [0.4, 0.5) is 8.78 Å². The molecule has 0 spiro atoms. The highest BCUT2D eigenvalue weighted by atomic mass is 35.5. The lowest BCUT2D eigenvalue weighted by molar-refractivity contribution is 0.0676. The summed E-state index contributed by atoms with van der Waals surface area (Å²) in [7, 11) is 0. The Morgan fingerprint density at radius 3 is 2.26 bits per heavy atom. The lowest BCUT2D eigenvalue weighted by atomic mass is 9.72. The molecule has 194 valence electrons. The second kappa shape index (κ2) is 9.80. The summed E-state index contributed by atoms with van der Waals surface area (Å²) < 4.78 is 29.4. The number of piperidine rings is 1. The Hall–Kier alpha value is -3.84. The Morgan fingerprint density at radius 1 is 0.868 bits per heavy atom. The number of ketones is 1. The third-order valence-corrected chi connectivity index (χ3v) is 7.74. The van der Waals surface area contributed by atoms with Crippen LogP contribution in [-0.2, 0) is 5.41 Å². The van der Waals surface area contributed by atoms with Gasteiger partial charge in [-0.25, -0.2) is 8.78 Å². The highest BCUT2D eigenvalue weighted by molar-refractivity contribution is 6.31. The van der Waals surface area contributed by atoms with Crippen molar-refractivity contribution in [1.29, 1.82) is 0 Å². The summed E-state index contributed by atoms with van der Waals surface area (Å²) in [6.07, 6.45) is 2.68. The average molecular weight is 535 g/mol. The number of carbonyl (C=O) groups is 3. The van der Waals surface area contributed by atoms with Crippen LogP contribution in [0.25, 0.3) is 10.9 Å². The van der Waals surface area contributed by atoms with Crippen molar-refractivity contribution in [2.75, 3.05) is 13.1 Å². The number of rotatable bonds is 4. The Morgan fingerprint density at radius 2 is 1.55 bits per heavy atom. The monoisotopic (exact) mass is 534 g/mol. The van der Waals surface area contributed by atoms with Crippen LogP contribution in [0, 0.1) is 11.6 Å². The lowest BCUT2D eigenvalue weighted by Crippen LogP contribution is -2.44. The highest BCUT2D eigenvalue weighted by Crippen LogP contribution is 2.38. The maximum atomic E-state index is 14.4. The van der Waals surface area contributed by atoms with Gasteiger partial charge in [0, 0.05) is 35.3 Å². The van der Waals surface area contributed by atoms with E-state index in [9.17, 15) is 23.2 Å². The summed E-state index contributed by atoms with van der Waals surface area (Å²) in [5, 5.41) is 0.820. The first-order chi connectivity index (χ1) is 18.1. The number of hydrogen-bond donors (Lipinski definition) is 0. The number of carbonyl (C=O) groups excluding carboxylic acids is 3. The van der Waals surface area contributed by atoms with E-state index in [0.717, 1.165) is 16.2 Å². The van der Waals surface area contributed by atoms with Crippen LogP contribution in [0.5, 0.6) is 0 Å². The highest BCUT2D eigenvalue weighted by Gasteiger charge is 2.36. The Kier molecular flexibility index (Phi) is 6.65. The first-order valence-electron chi connectivity index (χ1n) is 12.3. The van der Waals surface area contributed by atoms with Gasteiger partial charge in [0.25, 0.3) is 11.8 Å². The second-order valence-electron chi connectivity index (χ2n) is 9.94. The van der Waals surface area contributed by atoms with Crippen LogP contribution >= 0.6 is 11.6 Å². The maximum Gasteiger partial charge on any atom is 0.265 e. The van der Waals surface area contributed by atoms with E-state index < -0.39 is 23.1 Å². The molecule has 0 radical (unpaired) electrons. The predicted molar refractivity (Wildman–Crippen MR) is 142 cm³/mol. The number of likely N-dealkylation sites (tertiary alicyclic amines) is 1. The van der Waals surface area contributed by atoms with E-state index in [1.54, 1.807) is 24.0 Å². The third-order valence-electron chi connectivity index (χ3n) is 7.51. The van der Waals surface area contributed by atoms with Gasteiger partial charge in [0.05, 0.1) is 16.6 Å². The van der Waals surface area contributed by atoms with E-state index in [0.29, 0.717) is 47.4 Å². The van der Waals surface area contributed by atoms with Crippen LogP contribution in [0.15, 0.2) is 66.9 Å². The molecule has 1 aliphatic heterocycles. The number of hydrogen-bond acceptors (Lipinski definition) is 3. The van der Waals surface area contributed by atoms with Gasteiger partial charge in [-0.3, -0.25) is 19.0 Å². The summed E-state index contributed by atoms with van der Waals surface area (Å²) in [6.45, 7) is 4.57. The SMILES string of the molecule is CC(=O)c1ccccc1C1(C)CCN(C(=O)c2cn(C(=O)c3cccc(F)c3F)c3cc(Cl)ccc23)CC1. The molecule has 1 aromatic heterocycles. The molecule has 8 heteroatoms. The minimum Gasteiger partial charge on any atom is -0.339 e. The van der Waals surface area contributed by atoms with Gasteiger partial charge in [-0.05, 0) is 55.0 Å². The molecule has 1 amide bonds. The molecule has 5 nitrogen and oxygen atoms in total. The largest absolute Gasteiger partial charge is 0.339 e. The third kappa shape index (κ3) is 4.41. The van der Waals surface area contributed by atoms with Crippen molar-refractivity contribution in [3.05, 3.63) is 106 Å². The zero-order valence-corrected chi connectivity index (χ0v) is 21.7. The summed E-state index contributed by atoms with van der Waals surface area (Å²) >= 11 is 6.18. The molecule has 1 aliphatic rings. The van der Waals surface area contributed by atoms with Crippen molar-refractivity contribution in [3.63, 3.8) is 0 Å². The number of halogens is 3. The number of benzene rings is 3. The average Bonchev–Trinajstić information content (AvgIpc) is 3.28. The topological polar surface area (TPSA) is 59.4 Å². The molecule has 0 atom stereocenters. The summed E-state index contributed by atoms with van der Waals surface area (Å²) in [6, 6.07) is 15.7. The molecule has 4 aromatic rings. The molecular formula is C30H25ClF2N2O3. The second-order valence-corrected chi connectivity index (χ2v) is 10.4. The van der Waals surface area contributed by atoms with Gasteiger partial charge in [-0.2, -0.15) is 0 Å². The van der Waals surface area contributed by atoms with E-state index in [2.05, 4.69) is 6.92 Å². The molecule has 3 aromatic carbocycles. The first-order valence-corrected chi connectivity index (χ1v) is 12.7. The van der Waals surface area contributed by atoms with Gasteiger partial charge >= 0.3 is 0 Å². The van der Waals surface area contributed by atoms with E-state index in [4.69, 9.17) is 11.6 Å². The van der Waals surface area contributed by atoms with Crippen LogP contribution < -0.4 is 0 Å². The molecule has 2 heterocycles. The zero-order valence-electron chi connectivity index (χ0n) is 20.9. The molecule has 1 fully saturated rings. The Labute approximate surface area is 223 Å². The van der Waals surface area contributed by atoms with Crippen molar-refractivity contribution >= 4 is 40.1 Å². The summed E-state index contributed by atoms with van der Waals surface area (Å²) in [5.41, 5.74) is 1.55. The standard InChI is InChI=1S/C30H25ClF2N2O3/c1-18(36)20-6-3-4-8-24(20)30(2)12-14-34(15-13-30)28(37)23-17-35(26-16-19(31)10-11-21(23)26)29(38)22-7-5-9-25(32)27(22)33/h3-11,16-17H,12-15H2,1-2H3. The van der Waals surface area contributed by atoms with Crippen molar-refractivity contribution in [2.45, 2.75) is 32.1 Å². The van der Waals surface area contributed by atoms with Crippen molar-refractivity contribution in [2.24, 2.45) is 0 Å². The van der Waals surface area contributed by atoms with E-state index in [1.807, 2.05) is 24.3 Å². The molecule has 1 saturated heterocycles. The molecule has 0 aliphatic carbocycles. The quantitative estimate of drug-likeness (QED) is 0.275. The fraction of sp³-hybridized carbons (Fsp3) is 0.233. The molecule has 0 bridgehead atoms. The van der Waals surface area contributed by atoms with Gasteiger partial charge in [0.2, 0.25) is 0 Å².